The van der Waals surface area contributed by atoms with Gasteiger partial charge in [0.15, 0.2) is 0 Å². The van der Waals surface area contributed by atoms with Crippen molar-refractivity contribution in [2.75, 3.05) is 17.7 Å². The number of ether oxygens (including phenoxy) is 1. The van der Waals surface area contributed by atoms with Gasteiger partial charge in [0.05, 0.1) is 7.11 Å². The number of carbonyl (C=O) groups is 2. The number of rotatable bonds is 7. The van der Waals surface area contributed by atoms with Gasteiger partial charge in [-0.2, -0.15) is 0 Å². The van der Waals surface area contributed by atoms with Gasteiger partial charge in [-0.1, -0.05) is 26.0 Å². The number of hydrogen-bond acceptors (Lipinski definition) is 3. The van der Waals surface area contributed by atoms with E-state index in [2.05, 4.69) is 16.0 Å². The lowest BCUT2D eigenvalue weighted by Gasteiger charge is -2.10. The molecule has 6 nitrogen and oxygen atoms in total. The van der Waals surface area contributed by atoms with Crippen molar-refractivity contribution in [1.29, 1.82) is 0 Å². The zero-order valence-electron chi connectivity index (χ0n) is 15.3. The van der Waals surface area contributed by atoms with E-state index in [0.29, 0.717) is 30.3 Å². The van der Waals surface area contributed by atoms with Gasteiger partial charge in [0.2, 0.25) is 5.91 Å². The molecular weight excluding hydrogens is 330 g/mol. The molecular formula is C20H25N3O3. The highest BCUT2D eigenvalue weighted by molar-refractivity contribution is 5.92. The Hall–Kier alpha value is -3.02. The summed E-state index contributed by atoms with van der Waals surface area (Å²) >= 11 is 0. The highest BCUT2D eigenvalue weighted by Crippen LogP contribution is 2.15. The quantitative estimate of drug-likeness (QED) is 0.702. The lowest BCUT2D eigenvalue weighted by atomic mass is 10.1. The summed E-state index contributed by atoms with van der Waals surface area (Å²) in [5, 5.41) is 8.39. The number of nitrogens with one attached hydrogen (secondary N) is 3. The average Bonchev–Trinajstić information content (AvgIpc) is 2.61. The number of methoxy groups -OCH3 is 1. The van der Waals surface area contributed by atoms with E-state index in [-0.39, 0.29) is 11.9 Å². The number of urea groups is 1. The Morgan fingerprint density at radius 2 is 1.50 bits per heavy atom. The molecule has 0 atom stereocenters. The second-order valence-electron chi connectivity index (χ2n) is 6.38. The monoisotopic (exact) mass is 355 g/mol. The third kappa shape index (κ3) is 6.47. The number of carbonyl (C=O) groups excluding carboxylic acids is 2. The Kier molecular flexibility index (Phi) is 7.02. The summed E-state index contributed by atoms with van der Waals surface area (Å²) in [6.07, 6.45) is 0.480. The Morgan fingerprint density at radius 1 is 0.923 bits per heavy atom. The molecule has 0 radical (unpaired) electrons. The Morgan fingerprint density at radius 3 is 2.04 bits per heavy atom. The van der Waals surface area contributed by atoms with Crippen molar-refractivity contribution in [3.8, 4) is 5.75 Å². The van der Waals surface area contributed by atoms with E-state index in [4.69, 9.17) is 4.74 Å². The molecule has 2 aromatic carbocycles. The molecule has 26 heavy (non-hydrogen) atoms. The molecule has 0 saturated carbocycles. The maximum atomic E-state index is 12.0. The van der Waals surface area contributed by atoms with E-state index in [9.17, 15) is 9.59 Å². The predicted molar refractivity (Wildman–Crippen MR) is 103 cm³/mol. The van der Waals surface area contributed by atoms with Gasteiger partial charge >= 0.3 is 6.03 Å². The first kappa shape index (κ1) is 19.3. The topological polar surface area (TPSA) is 79.5 Å². The second-order valence-corrected chi connectivity index (χ2v) is 6.38. The summed E-state index contributed by atoms with van der Waals surface area (Å²) in [4.78, 5) is 23.7. The zero-order valence-corrected chi connectivity index (χ0v) is 15.3. The smallest absolute Gasteiger partial charge is 0.319 e. The summed E-state index contributed by atoms with van der Waals surface area (Å²) in [7, 11) is 1.61. The number of anilines is 2. The van der Waals surface area contributed by atoms with E-state index in [1.165, 1.54) is 0 Å². The van der Waals surface area contributed by atoms with Crippen LogP contribution in [0, 0.1) is 5.92 Å². The predicted octanol–water partition coefficient (Wildman–Crippen LogP) is 4.00. The molecule has 6 heteroatoms. The lowest BCUT2D eigenvalue weighted by Crippen LogP contribution is -2.28. The summed E-state index contributed by atoms with van der Waals surface area (Å²) in [5.41, 5.74) is 2.34. The standard InChI is InChI=1S/C20H25N3O3/c1-14(2)12-19(24)22-16-6-8-17(9-7-16)23-20(25)21-13-15-4-10-18(26-3)11-5-15/h4-11,14H,12-13H2,1-3H3,(H,22,24)(H2,21,23,25). The summed E-state index contributed by atoms with van der Waals surface area (Å²) in [6, 6.07) is 14.2. The van der Waals surface area contributed by atoms with E-state index in [0.717, 1.165) is 11.3 Å². The van der Waals surface area contributed by atoms with Crippen molar-refractivity contribution >= 4 is 23.3 Å². The molecule has 0 saturated heterocycles. The van der Waals surface area contributed by atoms with Crippen molar-refractivity contribution in [2.45, 2.75) is 26.8 Å². The highest BCUT2D eigenvalue weighted by Gasteiger charge is 2.06. The maximum absolute atomic E-state index is 12.0. The number of amides is 3. The average molecular weight is 355 g/mol. The van der Waals surface area contributed by atoms with Crippen LogP contribution in [-0.2, 0) is 11.3 Å². The van der Waals surface area contributed by atoms with Crippen LogP contribution in [0.2, 0.25) is 0 Å². The van der Waals surface area contributed by atoms with Gasteiger partial charge in [0.25, 0.3) is 0 Å². The fourth-order valence-corrected chi connectivity index (χ4v) is 2.32. The molecule has 0 spiro atoms. The molecule has 0 unspecified atom stereocenters. The van der Waals surface area contributed by atoms with Crippen LogP contribution < -0.4 is 20.7 Å². The van der Waals surface area contributed by atoms with Crippen molar-refractivity contribution < 1.29 is 14.3 Å². The minimum absolute atomic E-state index is 0.0158. The molecule has 3 N–H and O–H groups in total. The van der Waals surface area contributed by atoms with Gasteiger partial charge in [0, 0.05) is 24.3 Å². The Labute approximate surface area is 153 Å². The van der Waals surface area contributed by atoms with Crippen molar-refractivity contribution in [3.05, 3.63) is 54.1 Å². The maximum Gasteiger partial charge on any atom is 0.319 e. The van der Waals surface area contributed by atoms with Crippen LogP contribution in [0.25, 0.3) is 0 Å². The van der Waals surface area contributed by atoms with Crippen molar-refractivity contribution in [3.63, 3.8) is 0 Å². The molecule has 2 rings (SSSR count). The summed E-state index contributed by atoms with van der Waals surface area (Å²) in [6.45, 7) is 4.41. The van der Waals surface area contributed by atoms with Crippen molar-refractivity contribution in [1.82, 2.24) is 5.32 Å². The van der Waals surface area contributed by atoms with Gasteiger partial charge in [-0.25, -0.2) is 4.79 Å². The minimum atomic E-state index is -0.294. The van der Waals surface area contributed by atoms with E-state index in [1.54, 1.807) is 31.4 Å². The van der Waals surface area contributed by atoms with E-state index < -0.39 is 0 Å². The first-order valence-corrected chi connectivity index (χ1v) is 8.54. The Bertz CT molecular complexity index is 725. The highest BCUT2D eigenvalue weighted by atomic mass is 16.5. The molecule has 138 valence electrons. The number of benzene rings is 2. The zero-order chi connectivity index (χ0) is 18.9. The van der Waals surface area contributed by atoms with Crippen LogP contribution in [0.15, 0.2) is 48.5 Å². The molecule has 0 aromatic heterocycles. The van der Waals surface area contributed by atoms with Gasteiger partial charge < -0.3 is 20.7 Å². The molecule has 0 bridgehead atoms. The molecule has 0 fully saturated rings. The molecule has 0 aliphatic rings. The van der Waals surface area contributed by atoms with Crippen LogP contribution >= 0.6 is 0 Å². The number of hydrogen-bond donors (Lipinski definition) is 3. The van der Waals surface area contributed by atoms with Gasteiger partial charge in [-0.3, -0.25) is 4.79 Å². The minimum Gasteiger partial charge on any atom is -0.497 e. The fraction of sp³-hybridized carbons (Fsp3) is 0.300. The van der Waals surface area contributed by atoms with E-state index >= 15 is 0 Å². The first-order valence-electron chi connectivity index (χ1n) is 8.54. The van der Waals surface area contributed by atoms with E-state index in [1.807, 2.05) is 38.1 Å². The largest absolute Gasteiger partial charge is 0.497 e. The van der Waals surface area contributed by atoms with Crippen molar-refractivity contribution in [2.24, 2.45) is 5.92 Å². The second kappa shape index (κ2) is 9.46. The van der Waals surface area contributed by atoms with Gasteiger partial charge in [0.1, 0.15) is 5.75 Å². The molecule has 0 heterocycles. The van der Waals surface area contributed by atoms with Crippen LogP contribution in [0.4, 0.5) is 16.2 Å². The summed E-state index contributed by atoms with van der Waals surface area (Å²) < 4.78 is 5.10. The Balaban J connectivity index is 1.80. The van der Waals surface area contributed by atoms with Crippen LogP contribution in [0.1, 0.15) is 25.8 Å². The fourth-order valence-electron chi connectivity index (χ4n) is 2.32. The molecule has 0 aliphatic carbocycles. The third-order valence-corrected chi connectivity index (χ3v) is 3.63. The van der Waals surface area contributed by atoms with Crippen LogP contribution in [-0.4, -0.2) is 19.0 Å². The molecule has 3 amide bonds. The van der Waals surface area contributed by atoms with Crippen LogP contribution in [0.3, 0.4) is 0 Å². The summed E-state index contributed by atoms with van der Waals surface area (Å²) in [5.74, 6) is 1.07. The third-order valence-electron chi connectivity index (χ3n) is 3.63. The molecule has 2 aromatic rings. The van der Waals surface area contributed by atoms with Crippen LogP contribution in [0.5, 0.6) is 5.75 Å². The van der Waals surface area contributed by atoms with Gasteiger partial charge in [-0.15, -0.1) is 0 Å². The normalized spacial score (nSPS) is 10.3. The lowest BCUT2D eigenvalue weighted by molar-refractivity contribution is -0.116. The first-order chi connectivity index (χ1) is 12.5. The molecule has 0 aliphatic heterocycles. The van der Waals surface area contributed by atoms with Gasteiger partial charge in [-0.05, 0) is 47.9 Å². The SMILES string of the molecule is COc1ccc(CNC(=O)Nc2ccc(NC(=O)CC(C)C)cc2)cc1.